The number of pyridine rings is 1. The van der Waals surface area contributed by atoms with Gasteiger partial charge in [-0.05, 0) is 38.3 Å². The van der Waals surface area contributed by atoms with Crippen LogP contribution in [0.4, 0.5) is 15.0 Å². The number of carbonyl (C=O) groups is 2. The zero-order valence-electron chi connectivity index (χ0n) is 16.2. The zero-order chi connectivity index (χ0) is 20.8. The lowest BCUT2D eigenvalue weighted by Crippen LogP contribution is -2.33. The number of rotatable bonds is 0. The summed E-state index contributed by atoms with van der Waals surface area (Å²) in [5.41, 5.74) is 1.94. The van der Waals surface area contributed by atoms with Crippen molar-refractivity contribution in [2.24, 2.45) is 0 Å². The quantitative estimate of drug-likeness (QED) is 0.611. The Labute approximate surface area is 170 Å². The highest BCUT2D eigenvalue weighted by Gasteiger charge is 2.38. The summed E-state index contributed by atoms with van der Waals surface area (Å²) in [4.78, 5) is 35.5. The van der Waals surface area contributed by atoms with Crippen LogP contribution in [0.2, 0.25) is 0 Å². The molecule has 2 aliphatic rings. The van der Waals surface area contributed by atoms with E-state index in [1.165, 1.54) is 27.9 Å². The molecule has 2 atom stereocenters. The Hall–Kier alpha value is -3.56. The third kappa shape index (κ3) is 3.04. The molecule has 2 bridgehead atoms. The molecule has 3 aromatic rings. The summed E-state index contributed by atoms with van der Waals surface area (Å²) in [7, 11) is 0. The number of carbonyl (C=O) groups excluding carboxylic acids is 2. The summed E-state index contributed by atoms with van der Waals surface area (Å²) in [5, 5.41) is 7.14. The first-order valence-corrected chi connectivity index (χ1v) is 9.77. The first kappa shape index (κ1) is 18.5. The van der Waals surface area contributed by atoms with E-state index < -0.39 is 18.0 Å². The molecule has 9 nitrogen and oxygen atoms in total. The zero-order valence-corrected chi connectivity index (χ0v) is 16.2. The van der Waals surface area contributed by atoms with Gasteiger partial charge in [0.15, 0.2) is 5.65 Å². The minimum Gasteiger partial charge on any atom is -0.447 e. The van der Waals surface area contributed by atoms with Gasteiger partial charge in [0, 0.05) is 23.5 Å². The van der Waals surface area contributed by atoms with Gasteiger partial charge in [0.25, 0.3) is 5.91 Å². The summed E-state index contributed by atoms with van der Waals surface area (Å²) in [6, 6.07) is 2.38. The summed E-state index contributed by atoms with van der Waals surface area (Å²) >= 11 is 0. The van der Waals surface area contributed by atoms with Crippen molar-refractivity contribution in [3.63, 3.8) is 0 Å². The highest BCUT2D eigenvalue weighted by atomic mass is 19.1. The van der Waals surface area contributed by atoms with E-state index in [4.69, 9.17) is 4.74 Å². The topological polar surface area (TPSA) is 102 Å². The number of amides is 2. The minimum atomic E-state index is -0.585. The molecule has 154 valence electrons. The van der Waals surface area contributed by atoms with E-state index in [1.807, 2.05) is 6.92 Å². The van der Waals surface area contributed by atoms with E-state index in [9.17, 15) is 14.0 Å². The van der Waals surface area contributed by atoms with Crippen LogP contribution >= 0.6 is 0 Å². The molecular formula is C20H19FN6O3. The molecule has 0 radical (unpaired) electrons. The molecule has 2 amide bonds. The van der Waals surface area contributed by atoms with Gasteiger partial charge in [0.05, 0.1) is 12.4 Å². The second-order valence-corrected chi connectivity index (χ2v) is 7.53. The molecule has 10 heteroatoms. The summed E-state index contributed by atoms with van der Waals surface area (Å²) in [6.07, 6.45) is 5.70. The maximum absolute atomic E-state index is 14.1. The third-order valence-corrected chi connectivity index (χ3v) is 5.48. The number of anilines is 1. The number of fused-ring (bicyclic) bond motifs is 5. The average Bonchev–Trinajstić information content (AvgIpc) is 3.31. The maximum Gasteiger partial charge on any atom is 0.416 e. The molecule has 1 N–H and O–H groups in total. The second kappa shape index (κ2) is 7.05. The van der Waals surface area contributed by atoms with E-state index in [0.29, 0.717) is 41.1 Å². The van der Waals surface area contributed by atoms with E-state index in [1.54, 1.807) is 12.3 Å². The van der Waals surface area contributed by atoms with Crippen molar-refractivity contribution >= 4 is 23.5 Å². The number of cyclic esters (lactones) is 1. The minimum absolute atomic E-state index is 0.0623. The van der Waals surface area contributed by atoms with Crippen LogP contribution in [0.15, 0.2) is 30.7 Å². The summed E-state index contributed by atoms with van der Waals surface area (Å²) in [5.74, 6) is -0.457. The van der Waals surface area contributed by atoms with Gasteiger partial charge in [-0.3, -0.25) is 14.7 Å². The SMILES string of the molecule is CC1CCCc2ncc(F)cc2C2COC(=O)N2c2ccn3ncc(c3n2)C(=O)N1. The molecule has 2 aliphatic heterocycles. The largest absolute Gasteiger partial charge is 0.447 e. The number of ether oxygens (including phenoxy) is 1. The lowest BCUT2D eigenvalue weighted by molar-refractivity contribution is 0.0939. The second-order valence-electron chi connectivity index (χ2n) is 7.53. The maximum atomic E-state index is 14.1. The van der Waals surface area contributed by atoms with Gasteiger partial charge in [-0.25, -0.2) is 18.7 Å². The molecule has 30 heavy (non-hydrogen) atoms. The van der Waals surface area contributed by atoms with Crippen LogP contribution in [0.3, 0.4) is 0 Å². The Bertz CT molecular complexity index is 1160. The van der Waals surface area contributed by atoms with Crippen LogP contribution in [0.1, 0.15) is 47.4 Å². The van der Waals surface area contributed by atoms with E-state index in [0.717, 1.165) is 6.42 Å². The van der Waals surface area contributed by atoms with Crippen molar-refractivity contribution in [2.45, 2.75) is 38.3 Å². The van der Waals surface area contributed by atoms with Crippen molar-refractivity contribution in [1.82, 2.24) is 24.9 Å². The Balaban J connectivity index is 1.69. The van der Waals surface area contributed by atoms with Crippen molar-refractivity contribution in [2.75, 3.05) is 11.5 Å². The number of aryl methyl sites for hydroxylation is 1. The Morgan fingerprint density at radius 1 is 1.30 bits per heavy atom. The predicted molar refractivity (Wildman–Crippen MR) is 104 cm³/mol. The lowest BCUT2D eigenvalue weighted by Gasteiger charge is -2.23. The number of nitrogens with one attached hydrogen (secondary N) is 1. The Kier molecular flexibility index (Phi) is 4.34. The highest BCUT2D eigenvalue weighted by Crippen LogP contribution is 2.34. The fraction of sp³-hybridized carbons (Fsp3) is 0.350. The predicted octanol–water partition coefficient (Wildman–Crippen LogP) is 2.42. The Morgan fingerprint density at radius 3 is 3.03 bits per heavy atom. The van der Waals surface area contributed by atoms with Gasteiger partial charge >= 0.3 is 6.09 Å². The van der Waals surface area contributed by atoms with Gasteiger partial charge in [-0.1, -0.05) is 0 Å². The van der Waals surface area contributed by atoms with Gasteiger partial charge in [0.1, 0.15) is 29.8 Å². The van der Waals surface area contributed by atoms with Crippen molar-refractivity contribution < 1.29 is 18.7 Å². The van der Waals surface area contributed by atoms with Crippen LogP contribution in [-0.4, -0.2) is 44.2 Å². The van der Waals surface area contributed by atoms with Gasteiger partial charge in [-0.2, -0.15) is 5.10 Å². The van der Waals surface area contributed by atoms with Crippen LogP contribution < -0.4 is 10.2 Å². The standard InChI is InChI=1S/C20H19FN6O3/c1-11-3-2-4-15-13(7-12(21)8-22-15)16-10-30-20(29)27(16)17-5-6-26-18(25-17)14(9-23-26)19(28)24-11/h5-9,11,16H,2-4,10H2,1H3,(H,24,28). The fourth-order valence-corrected chi connectivity index (χ4v) is 3.99. The smallest absolute Gasteiger partial charge is 0.416 e. The molecule has 1 fully saturated rings. The van der Waals surface area contributed by atoms with Gasteiger partial charge < -0.3 is 10.1 Å². The van der Waals surface area contributed by atoms with E-state index in [2.05, 4.69) is 20.4 Å². The van der Waals surface area contributed by atoms with Crippen molar-refractivity contribution in [3.8, 4) is 0 Å². The molecule has 5 rings (SSSR count). The van der Waals surface area contributed by atoms with Crippen LogP contribution in [0.25, 0.3) is 5.65 Å². The summed E-state index contributed by atoms with van der Waals surface area (Å²) in [6.45, 7) is 1.99. The van der Waals surface area contributed by atoms with Gasteiger partial charge in [0.2, 0.25) is 0 Å². The molecule has 0 aliphatic carbocycles. The summed E-state index contributed by atoms with van der Waals surface area (Å²) < 4.78 is 20.8. The normalized spacial score (nSPS) is 21.7. The number of hydrogen-bond acceptors (Lipinski definition) is 6. The van der Waals surface area contributed by atoms with E-state index in [-0.39, 0.29) is 18.6 Å². The first-order chi connectivity index (χ1) is 14.5. The molecule has 0 spiro atoms. The molecular weight excluding hydrogens is 391 g/mol. The Morgan fingerprint density at radius 2 is 2.17 bits per heavy atom. The number of hydrogen-bond donors (Lipinski definition) is 1. The van der Waals surface area contributed by atoms with Gasteiger partial charge in [-0.15, -0.1) is 0 Å². The molecule has 1 saturated heterocycles. The highest BCUT2D eigenvalue weighted by molar-refractivity contribution is 6.00. The first-order valence-electron chi connectivity index (χ1n) is 9.77. The van der Waals surface area contributed by atoms with Crippen LogP contribution in [0.5, 0.6) is 0 Å². The lowest BCUT2D eigenvalue weighted by atomic mass is 9.99. The molecule has 2 unspecified atom stereocenters. The molecule has 0 aromatic carbocycles. The van der Waals surface area contributed by atoms with Crippen LogP contribution in [-0.2, 0) is 11.2 Å². The molecule has 5 heterocycles. The number of nitrogens with zero attached hydrogens (tertiary/aromatic N) is 5. The van der Waals surface area contributed by atoms with Crippen LogP contribution in [0, 0.1) is 5.82 Å². The average molecular weight is 410 g/mol. The molecule has 0 saturated carbocycles. The number of halogens is 1. The van der Waals surface area contributed by atoms with Crippen molar-refractivity contribution in [1.29, 1.82) is 0 Å². The number of aromatic nitrogens is 4. The molecule has 3 aromatic heterocycles. The van der Waals surface area contributed by atoms with E-state index >= 15 is 0 Å². The monoisotopic (exact) mass is 410 g/mol. The fourth-order valence-electron chi connectivity index (χ4n) is 3.99. The van der Waals surface area contributed by atoms with Crippen molar-refractivity contribution in [3.05, 3.63) is 53.4 Å². The third-order valence-electron chi connectivity index (χ3n) is 5.48.